The Kier molecular flexibility index (Phi) is 6.55. The monoisotopic (exact) mass is 433 g/mol. The van der Waals surface area contributed by atoms with Gasteiger partial charge in [-0.2, -0.15) is 5.10 Å². The highest BCUT2D eigenvalue weighted by Gasteiger charge is 2.32. The van der Waals surface area contributed by atoms with Crippen LogP contribution < -0.4 is 5.32 Å². The molecule has 2 heterocycles. The molecule has 0 radical (unpaired) electrons. The molecule has 1 aliphatic rings. The van der Waals surface area contributed by atoms with E-state index in [-0.39, 0.29) is 18.2 Å². The van der Waals surface area contributed by atoms with Crippen molar-refractivity contribution in [3.05, 3.63) is 65.0 Å². The maximum atomic E-state index is 13.0. The molecule has 2 amide bonds. The number of carbonyl (C=O) groups is 2. The summed E-state index contributed by atoms with van der Waals surface area (Å²) >= 11 is 0. The van der Waals surface area contributed by atoms with Crippen molar-refractivity contribution in [1.29, 1.82) is 0 Å². The number of nitrogens with zero attached hydrogens (tertiary/aromatic N) is 3. The summed E-state index contributed by atoms with van der Waals surface area (Å²) in [6.45, 7) is 6.54. The van der Waals surface area contributed by atoms with Gasteiger partial charge in [-0.05, 0) is 48.2 Å². The van der Waals surface area contributed by atoms with E-state index < -0.39 is 6.04 Å². The van der Waals surface area contributed by atoms with Gasteiger partial charge >= 0.3 is 0 Å². The van der Waals surface area contributed by atoms with Crippen molar-refractivity contribution in [1.82, 2.24) is 25.3 Å². The maximum absolute atomic E-state index is 13.0. The Morgan fingerprint density at radius 3 is 2.72 bits per heavy atom. The Morgan fingerprint density at radius 1 is 1.19 bits per heavy atom. The third kappa shape index (κ3) is 4.83. The van der Waals surface area contributed by atoms with Gasteiger partial charge in [-0.3, -0.25) is 19.6 Å². The average molecular weight is 434 g/mol. The Bertz CT molecular complexity index is 1100. The zero-order valence-corrected chi connectivity index (χ0v) is 19.0. The Hall–Kier alpha value is -3.19. The summed E-state index contributed by atoms with van der Waals surface area (Å²) in [7, 11) is 1.81. The van der Waals surface area contributed by atoms with E-state index in [0.29, 0.717) is 19.6 Å². The van der Waals surface area contributed by atoms with E-state index in [2.05, 4.69) is 50.7 Å². The third-order valence-electron chi connectivity index (χ3n) is 6.41. The van der Waals surface area contributed by atoms with E-state index >= 15 is 0 Å². The number of hydrogen-bond donors (Lipinski definition) is 2. The number of rotatable bonds is 7. The first-order valence-electron chi connectivity index (χ1n) is 11.2. The molecule has 168 valence electrons. The van der Waals surface area contributed by atoms with Gasteiger partial charge in [-0.25, -0.2) is 0 Å². The lowest BCUT2D eigenvalue weighted by Gasteiger charge is -2.35. The fourth-order valence-corrected chi connectivity index (χ4v) is 4.41. The number of likely N-dealkylation sites (N-methyl/N-ethyl adjacent to an activating group) is 1. The van der Waals surface area contributed by atoms with Crippen molar-refractivity contribution < 1.29 is 9.59 Å². The van der Waals surface area contributed by atoms with Crippen LogP contribution >= 0.6 is 0 Å². The fourth-order valence-electron chi connectivity index (χ4n) is 4.41. The molecule has 1 atom stereocenters. The molecular formula is C25H31N5O2. The molecule has 0 spiro atoms. The van der Waals surface area contributed by atoms with Crippen molar-refractivity contribution in [2.24, 2.45) is 0 Å². The van der Waals surface area contributed by atoms with Crippen molar-refractivity contribution >= 4 is 22.6 Å². The maximum Gasteiger partial charge on any atom is 0.237 e. The Morgan fingerprint density at radius 2 is 1.97 bits per heavy atom. The summed E-state index contributed by atoms with van der Waals surface area (Å²) in [5.74, 6) is -0.0883. The van der Waals surface area contributed by atoms with Crippen LogP contribution in [-0.2, 0) is 22.6 Å². The molecule has 1 aromatic heterocycles. The number of aromatic amines is 1. The molecule has 2 aromatic carbocycles. The Balaban J connectivity index is 1.41. The summed E-state index contributed by atoms with van der Waals surface area (Å²) in [6, 6.07) is 14.2. The zero-order valence-electron chi connectivity index (χ0n) is 19.0. The number of aromatic nitrogens is 2. The van der Waals surface area contributed by atoms with Crippen LogP contribution in [0.2, 0.25) is 0 Å². The number of nitrogens with one attached hydrogen (secondary N) is 2. The molecule has 1 aliphatic heterocycles. The first-order valence-corrected chi connectivity index (χ1v) is 11.2. The van der Waals surface area contributed by atoms with Crippen molar-refractivity contribution in [3.63, 3.8) is 0 Å². The van der Waals surface area contributed by atoms with Gasteiger partial charge in [0.05, 0.1) is 18.2 Å². The first kappa shape index (κ1) is 22.0. The minimum atomic E-state index is -0.456. The minimum Gasteiger partial charge on any atom is -0.353 e. The summed E-state index contributed by atoms with van der Waals surface area (Å²) in [5, 5.41) is 12.5. The van der Waals surface area contributed by atoms with Gasteiger partial charge < -0.3 is 10.2 Å². The molecule has 2 N–H and O–H groups in total. The quantitative estimate of drug-likeness (QED) is 0.600. The number of aryl methyl sites for hydroxylation is 2. The molecule has 1 fully saturated rings. The van der Waals surface area contributed by atoms with Crippen LogP contribution in [-0.4, -0.2) is 64.5 Å². The standard InChI is InChI=1S/C25H31N5O2/c1-17-22(18(2)28-27-17)10-12-29(3)24(31)15-23-25(32)26-11-13-30(23)16-19-8-9-20-6-4-5-7-21(20)14-19/h4-9,14,23H,10-13,15-16H2,1-3H3,(H,26,32)(H,27,28)/t23-/m0/s1. The molecule has 7 nitrogen and oxygen atoms in total. The summed E-state index contributed by atoms with van der Waals surface area (Å²) in [5.41, 5.74) is 4.31. The molecule has 1 saturated heterocycles. The second-order valence-corrected chi connectivity index (χ2v) is 8.64. The molecule has 0 bridgehead atoms. The predicted molar refractivity (Wildman–Crippen MR) is 125 cm³/mol. The minimum absolute atomic E-state index is 0.0191. The van der Waals surface area contributed by atoms with Crippen LogP contribution in [0.25, 0.3) is 10.8 Å². The van der Waals surface area contributed by atoms with E-state index in [1.165, 1.54) is 10.8 Å². The van der Waals surface area contributed by atoms with Crippen molar-refractivity contribution in [3.8, 4) is 0 Å². The number of carbonyl (C=O) groups excluding carboxylic acids is 2. The van der Waals surface area contributed by atoms with Gasteiger partial charge in [0.1, 0.15) is 0 Å². The number of benzene rings is 2. The van der Waals surface area contributed by atoms with Crippen molar-refractivity contribution in [2.75, 3.05) is 26.7 Å². The molecule has 0 saturated carbocycles. The summed E-state index contributed by atoms with van der Waals surface area (Å²) < 4.78 is 0. The molecule has 32 heavy (non-hydrogen) atoms. The highest BCUT2D eigenvalue weighted by molar-refractivity contribution is 5.89. The smallest absolute Gasteiger partial charge is 0.237 e. The zero-order chi connectivity index (χ0) is 22.7. The number of fused-ring (bicyclic) bond motifs is 1. The largest absolute Gasteiger partial charge is 0.353 e. The molecule has 0 unspecified atom stereocenters. The lowest BCUT2D eigenvalue weighted by molar-refractivity contribution is -0.138. The summed E-state index contributed by atoms with van der Waals surface area (Å²) in [6.07, 6.45) is 0.924. The van der Waals surface area contributed by atoms with E-state index in [4.69, 9.17) is 0 Å². The van der Waals surface area contributed by atoms with E-state index in [9.17, 15) is 9.59 Å². The fraction of sp³-hybridized carbons (Fsp3) is 0.400. The Labute approximate surface area is 188 Å². The van der Waals surface area contributed by atoms with Crippen LogP contribution in [0.3, 0.4) is 0 Å². The van der Waals surface area contributed by atoms with Gasteiger partial charge in [-0.1, -0.05) is 36.4 Å². The van der Waals surface area contributed by atoms with Gasteiger partial charge in [0.15, 0.2) is 0 Å². The van der Waals surface area contributed by atoms with Gasteiger partial charge in [0.2, 0.25) is 11.8 Å². The van der Waals surface area contributed by atoms with Crippen LogP contribution in [0, 0.1) is 13.8 Å². The second-order valence-electron chi connectivity index (χ2n) is 8.64. The number of hydrogen-bond acceptors (Lipinski definition) is 4. The van der Waals surface area contributed by atoms with Crippen LogP contribution in [0.1, 0.15) is 28.9 Å². The number of amides is 2. The summed E-state index contributed by atoms with van der Waals surface area (Å²) in [4.78, 5) is 29.5. The van der Waals surface area contributed by atoms with Gasteiger partial charge in [0.25, 0.3) is 0 Å². The van der Waals surface area contributed by atoms with E-state index in [0.717, 1.165) is 35.5 Å². The van der Waals surface area contributed by atoms with Gasteiger partial charge in [0, 0.05) is 38.9 Å². The predicted octanol–water partition coefficient (Wildman–Crippen LogP) is 2.57. The second kappa shape index (κ2) is 9.53. The number of piperazine rings is 1. The SMILES string of the molecule is Cc1n[nH]c(C)c1CCN(C)C(=O)C[C@H]1C(=O)NCCN1Cc1ccc2ccccc2c1. The third-order valence-corrected chi connectivity index (χ3v) is 6.41. The average Bonchev–Trinajstić information content (AvgIpc) is 3.11. The normalized spacial score (nSPS) is 16.8. The highest BCUT2D eigenvalue weighted by Crippen LogP contribution is 2.20. The van der Waals surface area contributed by atoms with Crippen LogP contribution in [0.5, 0.6) is 0 Å². The van der Waals surface area contributed by atoms with Crippen LogP contribution in [0.15, 0.2) is 42.5 Å². The van der Waals surface area contributed by atoms with Crippen LogP contribution in [0.4, 0.5) is 0 Å². The highest BCUT2D eigenvalue weighted by atomic mass is 16.2. The van der Waals surface area contributed by atoms with Gasteiger partial charge in [-0.15, -0.1) is 0 Å². The lowest BCUT2D eigenvalue weighted by atomic mass is 10.0. The topological polar surface area (TPSA) is 81.3 Å². The molecule has 7 heteroatoms. The molecular weight excluding hydrogens is 402 g/mol. The van der Waals surface area contributed by atoms with E-state index in [1.807, 2.05) is 33.0 Å². The van der Waals surface area contributed by atoms with E-state index in [1.54, 1.807) is 4.90 Å². The molecule has 4 rings (SSSR count). The van der Waals surface area contributed by atoms with Crippen molar-refractivity contribution in [2.45, 2.75) is 39.3 Å². The molecule has 0 aliphatic carbocycles. The molecule has 3 aromatic rings. The number of H-pyrrole nitrogens is 1. The lowest BCUT2D eigenvalue weighted by Crippen LogP contribution is -2.56. The first-order chi connectivity index (χ1) is 15.4.